The van der Waals surface area contributed by atoms with Crippen molar-refractivity contribution in [1.82, 2.24) is 10.3 Å². The number of pyridine rings is 1. The maximum atomic E-state index is 9.41. The molecule has 4 nitrogen and oxygen atoms in total. The second-order valence-corrected chi connectivity index (χ2v) is 3.47. The summed E-state index contributed by atoms with van der Waals surface area (Å²) in [5.74, 6) is 0.777. The molecule has 6 heteroatoms. The lowest BCUT2D eigenvalue weighted by Gasteiger charge is -2.13. The zero-order chi connectivity index (χ0) is 9.97. The minimum atomic E-state index is -0.252. The minimum Gasteiger partial charge on any atom is -0.495 e. The number of hydrogen-bond donors (Lipinski definition) is 2. The fourth-order valence-electron chi connectivity index (χ4n) is 1.80. The molecule has 0 spiro atoms. The second kappa shape index (κ2) is 6.91. The van der Waals surface area contributed by atoms with Crippen LogP contribution < -0.4 is 10.1 Å². The summed E-state index contributed by atoms with van der Waals surface area (Å²) in [6.07, 6.45) is 3.92. The van der Waals surface area contributed by atoms with Gasteiger partial charge in [0.1, 0.15) is 5.75 Å². The van der Waals surface area contributed by atoms with Gasteiger partial charge < -0.3 is 15.2 Å². The molecule has 2 unspecified atom stereocenters. The smallest absolute Gasteiger partial charge is 0.141 e. The maximum Gasteiger partial charge on any atom is 0.141 e. The molecule has 2 rings (SSSR count). The molecule has 1 aliphatic heterocycles. The van der Waals surface area contributed by atoms with Gasteiger partial charge in [-0.2, -0.15) is 0 Å². The van der Waals surface area contributed by atoms with Gasteiger partial charge >= 0.3 is 0 Å². The van der Waals surface area contributed by atoms with Gasteiger partial charge in [-0.3, -0.25) is 4.98 Å². The number of aliphatic hydroxyl groups is 1. The van der Waals surface area contributed by atoms with Crippen molar-refractivity contribution in [3.8, 4) is 5.75 Å². The Balaban J connectivity index is 0.00000112. The van der Waals surface area contributed by atoms with Crippen molar-refractivity contribution >= 4 is 24.8 Å². The Morgan fingerprint density at radius 3 is 2.81 bits per heavy atom. The van der Waals surface area contributed by atoms with Crippen LogP contribution in [0.4, 0.5) is 0 Å². The molecule has 1 aromatic heterocycles. The molecule has 2 heterocycles. The fraction of sp³-hybridized carbons (Fsp3) is 0.500. The lowest BCUT2D eigenvalue weighted by molar-refractivity contribution is 0.193. The van der Waals surface area contributed by atoms with Crippen molar-refractivity contribution in [2.75, 3.05) is 13.7 Å². The highest BCUT2D eigenvalue weighted by Gasteiger charge is 2.25. The highest BCUT2D eigenvalue weighted by molar-refractivity contribution is 5.85. The van der Waals surface area contributed by atoms with E-state index in [0.29, 0.717) is 6.54 Å². The van der Waals surface area contributed by atoms with Crippen LogP contribution in [0, 0.1) is 0 Å². The average Bonchev–Trinajstić information content (AvgIpc) is 2.65. The summed E-state index contributed by atoms with van der Waals surface area (Å²) >= 11 is 0. The first-order valence-electron chi connectivity index (χ1n) is 4.70. The van der Waals surface area contributed by atoms with Crippen LogP contribution in [0.15, 0.2) is 18.5 Å². The molecule has 92 valence electrons. The van der Waals surface area contributed by atoms with E-state index in [1.54, 1.807) is 19.5 Å². The minimum absolute atomic E-state index is 0. The van der Waals surface area contributed by atoms with Crippen molar-refractivity contribution in [3.63, 3.8) is 0 Å². The van der Waals surface area contributed by atoms with E-state index in [9.17, 15) is 5.11 Å². The summed E-state index contributed by atoms with van der Waals surface area (Å²) in [7, 11) is 1.63. The third-order valence-corrected chi connectivity index (χ3v) is 2.52. The Hall–Kier alpha value is -0.550. The van der Waals surface area contributed by atoms with Gasteiger partial charge in [-0.1, -0.05) is 0 Å². The number of ether oxygens (including phenoxy) is 1. The second-order valence-electron chi connectivity index (χ2n) is 3.47. The zero-order valence-corrected chi connectivity index (χ0v) is 10.6. The average molecular weight is 267 g/mol. The van der Waals surface area contributed by atoms with Crippen molar-refractivity contribution in [2.45, 2.75) is 18.6 Å². The number of β-amino-alcohol motifs (C(OH)–C–C–N with tert-alkyl or cyclic N) is 1. The van der Waals surface area contributed by atoms with E-state index in [4.69, 9.17) is 4.74 Å². The molecule has 1 fully saturated rings. The van der Waals surface area contributed by atoms with E-state index in [2.05, 4.69) is 10.3 Å². The molecule has 1 saturated heterocycles. The van der Waals surface area contributed by atoms with E-state index >= 15 is 0 Å². The van der Waals surface area contributed by atoms with Crippen LogP contribution in [0.3, 0.4) is 0 Å². The molecule has 0 aliphatic carbocycles. The normalized spacial score (nSPS) is 23.1. The molecule has 1 aromatic rings. The monoisotopic (exact) mass is 266 g/mol. The van der Waals surface area contributed by atoms with E-state index in [-0.39, 0.29) is 37.0 Å². The molecule has 1 aliphatic rings. The van der Waals surface area contributed by atoms with Crippen molar-refractivity contribution in [2.24, 2.45) is 0 Å². The van der Waals surface area contributed by atoms with Crippen LogP contribution in [0.5, 0.6) is 5.75 Å². The van der Waals surface area contributed by atoms with Gasteiger partial charge in [-0.25, -0.2) is 0 Å². The molecule has 2 atom stereocenters. The van der Waals surface area contributed by atoms with Gasteiger partial charge in [0.2, 0.25) is 0 Å². The topological polar surface area (TPSA) is 54.4 Å². The van der Waals surface area contributed by atoms with Crippen molar-refractivity contribution in [1.29, 1.82) is 0 Å². The summed E-state index contributed by atoms with van der Waals surface area (Å²) in [5.41, 5.74) is 1.07. The van der Waals surface area contributed by atoms with Crippen LogP contribution in [0.1, 0.15) is 18.0 Å². The van der Waals surface area contributed by atoms with Gasteiger partial charge in [0.25, 0.3) is 0 Å². The van der Waals surface area contributed by atoms with Crippen LogP contribution in [0.25, 0.3) is 0 Å². The third-order valence-electron chi connectivity index (χ3n) is 2.52. The van der Waals surface area contributed by atoms with Gasteiger partial charge in [0.05, 0.1) is 19.4 Å². The molecular weight excluding hydrogens is 251 g/mol. The molecule has 2 N–H and O–H groups in total. The van der Waals surface area contributed by atoms with Crippen molar-refractivity contribution < 1.29 is 9.84 Å². The highest BCUT2D eigenvalue weighted by Crippen LogP contribution is 2.29. The van der Waals surface area contributed by atoms with Crippen molar-refractivity contribution in [3.05, 3.63) is 24.0 Å². The summed E-state index contributed by atoms with van der Waals surface area (Å²) in [5, 5.41) is 12.6. The first kappa shape index (κ1) is 15.4. The summed E-state index contributed by atoms with van der Waals surface area (Å²) < 4.78 is 5.21. The number of methoxy groups -OCH3 is 1. The third kappa shape index (κ3) is 3.22. The predicted octanol–water partition coefficient (Wildman–Crippen LogP) is 1.33. The molecule has 16 heavy (non-hydrogen) atoms. The fourth-order valence-corrected chi connectivity index (χ4v) is 1.80. The van der Waals surface area contributed by atoms with Gasteiger partial charge in [-0.05, 0) is 12.5 Å². The van der Waals surface area contributed by atoms with Gasteiger partial charge in [-0.15, -0.1) is 24.8 Å². The number of aromatic nitrogens is 1. The molecule has 0 radical (unpaired) electrons. The highest BCUT2D eigenvalue weighted by atomic mass is 35.5. The summed E-state index contributed by atoms with van der Waals surface area (Å²) in [6.45, 7) is 0.649. The number of halogens is 2. The summed E-state index contributed by atoms with van der Waals surface area (Å²) in [6, 6.07) is 2.11. The predicted molar refractivity (Wildman–Crippen MR) is 66.7 cm³/mol. The quantitative estimate of drug-likeness (QED) is 0.848. The zero-order valence-electron chi connectivity index (χ0n) is 8.92. The van der Waals surface area contributed by atoms with E-state index in [0.717, 1.165) is 17.7 Å². The number of nitrogens with zero attached hydrogens (tertiary/aromatic N) is 1. The van der Waals surface area contributed by atoms with Crippen LogP contribution in [-0.4, -0.2) is 29.8 Å². The van der Waals surface area contributed by atoms with Gasteiger partial charge in [0, 0.05) is 24.3 Å². The maximum absolute atomic E-state index is 9.41. The molecule has 0 saturated carbocycles. The molecule has 0 amide bonds. The Bertz CT molecular complexity index is 325. The number of nitrogens with one attached hydrogen (secondary N) is 1. The van der Waals surface area contributed by atoms with E-state index in [1.165, 1.54) is 0 Å². The Morgan fingerprint density at radius 2 is 2.25 bits per heavy atom. The Morgan fingerprint density at radius 1 is 1.50 bits per heavy atom. The lowest BCUT2D eigenvalue weighted by Crippen LogP contribution is -2.15. The van der Waals surface area contributed by atoms with Gasteiger partial charge in [0.15, 0.2) is 0 Å². The SMILES string of the molecule is COc1cnccc1C1CC(O)CN1.Cl.Cl. The molecule has 0 aromatic carbocycles. The number of aliphatic hydroxyl groups excluding tert-OH is 1. The van der Waals surface area contributed by atoms with E-state index in [1.807, 2.05) is 6.07 Å². The number of rotatable bonds is 2. The summed E-state index contributed by atoms with van der Waals surface area (Å²) in [4.78, 5) is 3.99. The molecule has 0 bridgehead atoms. The van der Waals surface area contributed by atoms with E-state index < -0.39 is 0 Å². The first-order chi connectivity index (χ1) is 6.81. The standard InChI is InChI=1S/C10H14N2O2.2ClH/c1-14-10-6-11-3-2-8(10)9-4-7(13)5-12-9;;/h2-3,6-7,9,12-13H,4-5H2,1H3;2*1H. The Kier molecular flexibility index (Phi) is 6.67. The molecular formula is C10H16Cl2N2O2. The largest absolute Gasteiger partial charge is 0.495 e. The van der Waals surface area contributed by atoms with Crippen LogP contribution in [-0.2, 0) is 0 Å². The Labute approximate surface area is 107 Å². The first-order valence-corrected chi connectivity index (χ1v) is 4.70. The van der Waals surface area contributed by atoms with Crippen LogP contribution >= 0.6 is 24.8 Å². The van der Waals surface area contributed by atoms with Crippen LogP contribution in [0.2, 0.25) is 0 Å². The number of hydrogen-bond acceptors (Lipinski definition) is 4. The lowest BCUT2D eigenvalue weighted by atomic mass is 10.1.